The van der Waals surface area contributed by atoms with E-state index in [0.29, 0.717) is 28.4 Å². The van der Waals surface area contributed by atoms with Gasteiger partial charge in [-0.15, -0.1) is 5.10 Å². The van der Waals surface area contributed by atoms with E-state index >= 15 is 0 Å². The number of hydrogen-bond donors (Lipinski definition) is 3. The van der Waals surface area contributed by atoms with E-state index in [2.05, 4.69) is 30.5 Å². The molecule has 0 saturated heterocycles. The molecule has 0 aliphatic heterocycles. The molecular weight excluding hydrogens is 336 g/mol. The number of aryl methyl sites for hydroxylation is 1. The van der Waals surface area contributed by atoms with Crippen LogP contribution in [0.5, 0.6) is 5.75 Å². The van der Waals surface area contributed by atoms with Gasteiger partial charge in [0, 0.05) is 24.9 Å². The maximum absolute atomic E-state index is 9.09. The molecule has 0 atom stereocenters. The molecule has 4 heterocycles. The summed E-state index contributed by atoms with van der Waals surface area (Å²) < 4.78 is 7.57. The number of hydrogen-bond acceptors (Lipinski definition) is 8. The van der Waals surface area contributed by atoms with Gasteiger partial charge in [-0.2, -0.15) is 15.4 Å². The second-order valence-corrected chi connectivity index (χ2v) is 5.67. The average Bonchev–Trinajstić information content (AvgIpc) is 3.26. The van der Waals surface area contributed by atoms with Gasteiger partial charge in [0.15, 0.2) is 11.3 Å². The van der Waals surface area contributed by atoms with E-state index in [9.17, 15) is 0 Å². The summed E-state index contributed by atoms with van der Waals surface area (Å²) in [5.74, 6) is 0.792. The monoisotopic (exact) mass is 352 g/mol. The highest BCUT2D eigenvalue weighted by atomic mass is 16.5. The van der Waals surface area contributed by atoms with Crippen LogP contribution in [0.1, 0.15) is 11.4 Å². The second-order valence-electron chi connectivity index (χ2n) is 5.67. The molecule has 4 aromatic heterocycles. The minimum Gasteiger partial charge on any atom is -0.485 e. The first kappa shape index (κ1) is 16.0. The van der Waals surface area contributed by atoms with Gasteiger partial charge in [-0.05, 0) is 18.2 Å². The molecule has 0 unspecified atom stereocenters. The summed E-state index contributed by atoms with van der Waals surface area (Å²) in [6, 6.07) is 7.19. The molecule has 0 spiro atoms. The number of fused-ring (bicyclic) bond motifs is 1. The van der Waals surface area contributed by atoms with Crippen molar-refractivity contribution in [1.82, 2.24) is 35.2 Å². The normalized spacial score (nSPS) is 11.2. The van der Waals surface area contributed by atoms with Gasteiger partial charge in [0.1, 0.15) is 18.1 Å². The lowest BCUT2D eigenvalue weighted by Crippen LogP contribution is -2.00. The first-order valence-electron chi connectivity index (χ1n) is 7.83. The summed E-state index contributed by atoms with van der Waals surface area (Å²) in [7, 11) is 1.85. The summed E-state index contributed by atoms with van der Waals surface area (Å²) in [6.45, 7) is 0.151. The van der Waals surface area contributed by atoms with E-state index in [0.717, 1.165) is 17.0 Å². The van der Waals surface area contributed by atoms with Crippen molar-refractivity contribution >= 4 is 17.0 Å². The molecule has 10 nitrogen and oxygen atoms in total. The quantitative estimate of drug-likeness (QED) is 0.479. The predicted molar refractivity (Wildman–Crippen MR) is 92.8 cm³/mol. The fourth-order valence-corrected chi connectivity index (χ4v) is 2.62. The molecule has 0 amide bonds. The van der Waals surface area contributed by atoms with Gasteiger partial charge in [-0.25, -0.2) is 4.98 Å². The van der Waals surface area contributed by atoms with Gasteiger partial charge >= 0.3 is 0 Å². The van der Waals surface area contributed by atoms with Crippen molar-refractivity contribution in [2.24, 2.45) is 7.05 Å². The minimum atomic E-state index is -0.0870. The molecule has 0 fully saturated rings. The van der Waals surface area contributed by atoms with Gasteiger partial charge in [0.25, 0.3) is 0 Å². The number of anilines is 1. The highest BCUT2D eigenvalue weighted by Gasteiger charge is 2.12. The van der Waals surface area contributed by atoms with E-state index < -0.39 is 0 Å². The molecule has 10 heteroatoms. The highest BCUT2D eigenvalue weighted by molar-refractivity contribution is 5.78. The molecule has 132 valence electrons. The summed E-state index contributed by atoms with van der Waals surface area (Å²) >= 11 is 0. The Bertz CT molecular complexity index is 1050. The van der Waals surface area contributed by atoms with Gasteiger partial charge in [-0.3, -0.25) is 9.67 Å². The largest absolute Gasteiger partial charge is 0.485 e. The third-order valence-electron chi connectivity index (χ3n) is 3.87. The van der Waals surface area contributed by atoms with E-state index in [1.54, 1.807) is 23.0 Å². The molecule has 0 bridgehead atoms. The number of nitrogen functional groups attached to an aromatic ring is 1. The number of aliphatic hydroxyl groups excluding tert-OH is 1. The van der Waals surface area contributed by atoms with Gasteiger partial charge in [-0.1, -0.05) is 0 Å². The van der Waals surface area contributed by atoms with Crippen LogP contribution in [0.25, 0.3) is 22.4 Å². The Hall–Kier alpha value is -3.53. The SMILES string of the molecule is Cn1nc(COc2cc(N)nc3n[nH]nc23)cc1-c1ccc(CO)nc1. The Kier molecular flexibility index (Phi) is 3.93. The fraction of sp³-hybridized carbons (Fsp3) is 0.188. The van der Waals surface area contributed by atoms with Crippen LogP contribution >= 0.6 is 0 Å². The third kappa shape index (κ3) is 2.93. The zero-order valence-electron chi connectivity index (χ0n) is 13.9. The van der Waals surface area contributed by atoms with Crippen LogP contribution in [0.15, 0.2) is 30.5 Å². The van der Waals surface area contributed by atoms with Gasteiger partial charge < -0.3 is 15.6 Å². The Morgan fingerprint density at radius 3 is 2.88 bits per heavy atom. The second kappa shape index (κ2) is 6.41. The number of H-pyrrole nitrogens is 1. The first-order valence-corrected chi connectivity index (χ1v) is 7.83. The molecular formula is C16H16N8O2. The molecule has 4 rings (SSSR count). The highest BCUT2D eigenvalue weighted by Crippen LogP contribution is 2.25. The predicted octanol–water partition coefficient (Wildman–Crippen LogP) is 0.802. The number of nitrogens with zero attached hydrogens (tertiary/aromatic N) is 6. The van der Waals surface area contributed by atoms with Crippen LogP contribution in [0.3, 0.4) is 0 Å². The molecule has 0 aromatic carbocycles. The van der Waals surface area contributed by atoms with Crippen LogP contribution in [-0.2, 0) is 20.3 Å². The number of aliphatic hydroxyl groups is 1. The number of pyridine rings is 2. The molecule has 0 saturated carbocycles. The van der Waals surface area contributed by atoms with E-state index in [1.165, 1.54) is 0 Å². The molecule has 4 aromatic rings. The lowest BCUT2D eigenvalue weighted by atomic mass is 10.2. The summed E-state index contributed by atoms with van der Waals surface area (Å²) in [5.41, 5.74) is 9.82. The van der Waals surface area contributed by atoms with E-state index in [4.69, 9.17) is 15.6 Å². The lowest BCUT2D eigenvalue weighted by molar-refractivity contribution is 0.277. The van der Waals surface area contributed by atoms with Crippen LogP contribution < -0.4 is 10.5 Å². The van der Waals surface area contributed by atoms with Crippen molar-refractivity contribution < 1.29 is 9.84 Å². The van der Waals surface area contributed by atoms with Gasteiger partial charge in [0.2, 0.25) is 5.65 Å². The molecule has 0 aliphatic carbocycles. The van der Waals surface area contributed by atoms with Crippen molar-refractivity contribution in [1.29, 1.82) is 0 Å². The van der Waals surface area contributed by atoms with E-state index in [-0.39, 0.29) is 13.2 Å². The molecule has 26 heavy (non-hydrogen) atoms. The number of aromatic amines is 1. The van der Waals surface area contributed by atoms with Crippen LogP contribution in [0.4, 0.5) is 5.82 Å². The zero-order chi connectivity index (χ0) is 18.1. The molecule has 0 radical (unpaired) electrons. The average molecular weight is 352 g/mol. The maximum atomic E-state index is 9.09. The standard InChI is InChI=1S/C16H16N8O2/c1-24-12(9-2-3-10(7-25)18-6-9)4-11(22-24)8-26-13-5-14(17)19-16-15(13)20-23-21-16/h2-6,25H,7-8H2,1H3,(H3,17,19,20,21,23). The zero-order valence-corrected chi connectivity index (χ0v) is 13.9. The number of rotatable bonds is 5. The van der Waals surface area contributed by atoms with Crippen LogP contribution in [0, 0.1) is 0 Å². The van der Waals surface area contributed by atoms with E-state index in [1.807, 2.05) is 19.2 Å². The Balaban J connectivity index is 1.56. The van der Waals surface area contributed by atoms with Crippen LogP contribution in [-0.4, -0.2) is 40.3 Å². The number of aromatic nitrogens is 7. The molecule has 4 N–H and O–H groups in total. The maximum Gasteiger partial charge on any atom is 0.207 e. The molecule has 0 aliphatic rings. The number of nitrogens with one attached hydrogen (secondary N) is 1. The summed E-state index contributed by atoms with van der Waals surface area (Å²) in [6.07, 6.45) is 1.70. The fourth-order valence-electron chi connectivity index (χ4n) is 2.62. The Morgan fingerprint density at radius 2 is 2.12 bits per heavy atom. The van der Waals surface area contributed by atoms with Crippen molar-refractivity contribution in [3.05, 3.63) is 41.9 Å². The lowest BCUT2D eigenvalue weighted by Gasteiger charge is -2.04. The Labute approximate surface area is 147 Å². The van der Waals surface area contributed by atoms with Crippen molar-refractivity contribution in [2.75, 3.05) is 5.73 Å². The van der Waals surface area contributed by atoms with Crippen molar-refractivity contribution in [3.63, 3.8) is 0 Å². The third-order valence-corrected chi connectivity index (χ3v) is 3.87. The Morgan fingerprint density at radius 1 is 1.23 bits per heavy atom. The number of ether oxygens (including phenoxy) is 1. The number of nitrogens with two attached hydrogens (primary N) is 1. The smallest absolute Gasteiger partial charge is 0.207 e. The summed E-state index contributed by atoms with van der Waals surface area (Å²) in [5, 5.41) is 24.0. The van der Waals surface area contributed by atoms with Crippen LogP contribution in [0.2, 0.25) is 0 Å². The topological polar surface area (TPSA) is 141 Å². The first-order chi connectivity index (χ1) is 12.6. The van der Waals surface area contributed by atoms with Crippen molar-refractivity contribution in [3.8, 4) is 17.0 Å². The van der Waals surface area contributed by atoms with Gasteiger partial charge in [0.05, 0.1) is 18.0 Å². The summed E-state index contributed by atoms with van der Waals surface area (Å²) in [4.78, 5) is 8.27. The van der Waals surface area contributed by atoms with Crippen molar-refractivity contribution in [2.45, 2.75) is 13.2 Å². The minimum absolute atomic E-state index is 0.0870.